The van der Waals surface area contributed by atoms with Gasteiger partial charge < -0.3 is 24.6 Å². The maximum absolute atomic E-state index is 13.0. The van der Waals surface area contributed by atoms with Crippen molar-refractivity contribution >= 4 is 34.9 Å². The number of halogens is 1. The first kappa shape index (κ1) is 21.9. The predicted molar refractivity (Wildman–Crippen MR) is 116 cm³/mol. The Kier molecular flexibility index (Phi) is 7.54. The lowest BCUT2D eigenvalue weighted by Crippen LogP contribution is -3.19. The number of benzene rings is 2. The van der Waals surface area contributed by atoms with E-state index in [9.17, 15) is 9.59 Å². The molecular formula is C22H27ClN3O4+. The summed E-state index contributed by atoms with van der Waals surface area (Å²) in [6.07, 6.45) is 0.0185. The van der Waals surface area contributed by atoms with Crippen molar-refractivity contribution in [1.82, 2.24) is 0 Å². The van der Waals surface area contributed by atoms with Crippen LogP contribution in [0.25, 0.3) is 0 Å². The molecule has 3 rings (SSSR count). The lowest BCUT2D eigenvalue weighted by atomic mass is 10.1. The van der Waals surface area contributed by atoms with Gasteiger partial charge in [0.25, 0.3) is 5.91 Å². The highest BCUT2D eigenvalue weighted by molar-refractivity contribution is 6.33. The second kappa shape index (κ2) is 10.3. The molecule has 2 aromatic carbocycles. The van der Waals surface area contributed by atoms with Crippen LogP contribution in [0.1, 0.15) is 6.42 Å². The molecule has 0 aliphatic carbocycles. The number of para-hydroxylation sites is 1. The molecule has 1 heterocycles. The van der Waals surface area contributed by atoms with Crippen LogP contribution in [-0.2, 0) is 14.3 Å². The lowest BCUT2D eigenvalue weighted by Gasteiger charge is -2.36. The third-order valence-electron chi connectivity index (χ3n) is 5.38. The smallest absolute Gasteiger partial charge is 0.312 e. The molecule has 30 heavy (non-hydrogen) atoms. The van der Waals surface area contributed by atoms with E-state index in [2.05, 4.69) is 10.2 Å². The molecule has 8 heteroatoms. The first-order chi connectivity index (χ1) is 14.5. The minimum atomic E-state index is -0.549. The summed E-state index contributed by atoms with van der Waals surface area (Å²) < 4.78 is 10.0. The topological polar surface area (TPSA) is 72.3 Å². The van der Waals surface area contributed by atoms with Crippen LogP contribution >= 0.6 is 11.6 Å². The monoisotopic (exact) mass is 432 g/mol. The molecule has 0 saturated carbocycles. The molecule has 1 aliphatic rings. The van der Waals surface area contributed by atoms with Crippen LogP contribution in [0.5, 0.6) is 5.75 Å². The average Bonchev–Trinajstić information content (AvgIpc) is 2.79. The van der Waals surface area contributed by atoms with E-state index in [1.54, 1.807) is 31.4 Å². The Morgan fingerprint density at radius 1 is 1.10 bits per heavy atom. The number of quaternary nitrogens is 1. The molecule has 1 saturated heterocycles. The molecule has 7 nitrogen and oxygen atoms in total. The summed E-state index contributed by atoms with van der Waals surface area (Å²) in [5, 5.41) is 3.33. The highest BCUT2D eigenvalue weighted by atomic mass is 35.5. The van der Waals surface area contributed by atoms with Gasteiger partial charge in [0.15, 0.2) is 6.04 Å². The van der Waals surface area contributed by atoms with E-state index in [1.807, 2.05) is 24.3 Å². The fourth-order valence-corrected chi connectivity index (χ4v) is 3.83. The normalized spacial score (nSPS) is 15.4. The van der Waals surface area contributed by atoms with Crippen LogP contribution in [0.4, 0.5) is 11.4 Å². The van der Waals surface area contributed by atoms with Crippen LogP contribution in [0.15, 0.2) is 48.5 Å². The maximum atomic E-state index is 13.0. The molecule has 1 amide bonds. The zero-order chi connectivity index (χ0) is 21.5. The van der Waals surface area contributed by atoms with Gasteiger partial charge in [-0.1, -0.05) is 23.7 Å². The predicted octanol–water partition coefficient (Wildman–Crippen LogP) is 1.62. The van der Waals surface area contributed by atoms with Crippen LogP contribution in [0.2, 0.25) is 5.02 Å². The highest BCUT2D eigenvalue weighted by Gasteiger charge is 2.35. The van der Waals surface area contributed by atoms with Gasteiger partial charge in [-0.2, -0.15) is 0 Å². The van der Waals surface area contributed by atoms with Crippen molar-refractivity contribution in [1.29, 1.82) is 0 Å². The van der Waals surface area contributed by atoms with Crippen molar-refractivity contribution in [3.63, 3.8) is 0 Å². The van der Waals surface area contributed by atoms with E-state index >= 15 is 0 Å². The number of nitrogens with one attached hydrogen (secondary N) is 2. The average molecular weight is 433 g/mol. The summed E-state index contributed by atoms with van der Waals surface area (Å²) in [6.45, 7) is 3.00. The zero-order valence-electron chi connectivity index (χ0n) is 17.2. The number of carbonyl (C=O) groups excluding carboxylic acids is 2. The molecule has 2 N–H and O–H groups in total. The molecule has 1 fully saturated rings. The molecule has 1 atom stereocenters. The van der Waals surface area contributed by atoms with Crippen LogP contribution in [0.3, 0.4) is 0 Å². The van der Waals surface area contributed by atoms with Gasteiger partial charge in [-0.25, -0.2) is 0 Å². The third-order valence-corrected chi connectivity index (χ3v) is 5.71. The molecule has 1 aliphatic heterocycles. The minimum Gasteiger partial charge on any atom is -0.497 e. The largest absolute Gasteiger partial charge is 0.497 e. The zero-order valence-corrected chi connectivity index (χ0v) is 17.9. The Morgan fingerprint density at radius 2 is 1.77 bits per heavy atom. The minimum absolute atomic E-state index is 0.0185. The second-order valence-corrected chi connectivity index (χ2v) is 7.55. The Bertz CT molecular complexity index is 867. The van der Waals surface area contributed by atoms with Gasteiger partial charge in [0.05, 0.1) is 51.1 Å². The van der Waals surface area contributed by atoms with E-state index in [1.165, 1.54) is 7.11 Å². The number of esters is 1. The number of anilines is 2. The maximum Gasteiger partial charge on any atom is 0.312 e. The van der Waals surface area contributed by atoms with Crippen molar-refractivity contribution < 1.29 is 24.0 Å². The number of amides is 1. The van der Waals surface area contributed by atoms with Crippen LogP contribution in [-0.4, -0.2) is 58.3 Å². The molecular weight excluding hydrogens is 406 g/mol. The van der Waals surface area contributed by atoms with E-state index in [0.717, 1.165) is 42.5 Å². The number of methoxy groups -OCH3 is 2. The fourth-order valence-electron chi connectivity index (χ4n) is 3.65. The molecule has 0 unspecified atom stereocenters. The quantitative estimate of drug-likeness (QED) is 0.650. The second-order valence-electron chi connectivity index (χ2n) is 7.15. The Morgan fingerprint density at radius 3 is 2.37 bits per heavy atom. The van der Waals surface area contributed by atoms with Crippen LogP contribution in [0, 0.1) is 0 Å². The number of nitrogens with zero attached hydrogens (tertiary/aromatic N) is 1. The first-order valence-corrected chi connectivity index (χ1v) is 10.3. The highest BCUT2D eigenvalue weighted by Crippen LogP contribution is 2.21. The van der Waals surface area contributed by atoms with Crippen molar-refractivity contribution in [3.05, 3.63) is 53.6 Å². The number of ether oxygens (including phenoxy) is 2. The van der Waals surface area contributed by atoms with Gasteiger partial charge in [-0.05, 0) is 36.4 Å². The van der Waals surface area contributed by atoms with Gasteiger partial charge in [0, 0.05) is 5.69 Å². The van der Waals surface area contributed by atoms with E-state index in [-0.39, 0.29) is 12.3 Å². The summed E-state index contributed by atoms with van der Waals surface area (Å²) in [5.74, 6) is 0.179. The summed E-state index contributed by atoms with van der Waals surface area (Å²) in [7, 11) is 2.98. The lowest BCUT2D eigenvalue weighted by molar-refractivity contribution is -0.915. The molecule has 0 spiro atoms. The fraction of sp³-hybridized carbons (Fsp3) is 0.364. The van der Waals surface area contributed by atoms with E-state index in [0.29, 0.717) is 10.7 Å². The Hall–Kier alpha value is -2.77. The van der Waals surface area contributed by atoms with E-state index in [4.69, 9.17) is 21.1 Å². The summed E-state index contributed by atoms with van der Waals surface area (Å²) in [5.41, 5.74) is 1.65. The van der Waals surface area contributed by atoms with Gasteiger partial charge in [-0.3, -0.25) is 9.59 Å². The molecule has 0 bridgehead atoms. The number of hydrogen-bond donors (Lipinski definition) is 2. The molecule has 160 valence electrons. The van der Waals surface area contributed by atoms with E-state index < -0.39 is 12.0 Å². The van der Waals surface area contributed by atoms with Crippen molar-refractivity contribution in [2.75, 3.05) is 50.6 Å². The SMILES string of the molecule is COC(=O)C[C@@H](C(=O)Nc1ccccc1Cl)[NH+]1CCN(c2ccc(OC)cc2)CC1. The summed E-state index contributed by atoms with van der Waals surface area (Å²) in [4.78, 5) is 28.3. The summed E-state index contributed by atoms with van der Waals surface area (Å²) in [6, 6.07) is 14.4. The number of hydrogen-bond acceptors (Lipinski definition) is 5. The number of piperazine rings is 1. The van der Waals surface area contributed by atoms with Gasteiger partial charge >= 0.3 is 5.97 Å². The molecule has 0 aromatic heterocycles. The van der Waals surface area contributed by atoms with Crippen molar-refractivity contribution in [2.45, 2.75) is 12.5 Å². The standard InChI is InChI=1S/C22H26ClN3O4/c1-29-17-9-7-16(8-10-17)25-11-13-26(14-12-25)20(15-21(27)30-2)22(28)24-19-6-4-3-5-18(19)23/h3-10,20H,11-15H2,1-2H3,(H,24,28)/p+1/t20-/m0/s1. The Balaban J connectivity index is 1.67. The van der Waals surface area contributed by atoms with Gasteiger partial charge in [-0.15, -0.1) is 0 Å². The molecule has 0 radical (unpaired) electrons. The van der Waals surface area contributed by atoms with Gasteiger partial charge in [0.1, 0.15) is 12.2 Å². The number of rotatable bonds is 7. The van der Waals surface area contributed by atoms with Crippen molar-refractivity contribution in [2.24, 2.45) is 0 Å². The number of carbonyl (C=O) groups is 2. The van der Waals surface area contributed by atoms with Crippen molar-refractivity contribution in [3.8, 4) is 5.75 Å². The van der Waals surface area contributed by atoms with Gasteiger partial charge in [0.2, 0.25) is 0 Å². The summed E-state index contributed by atoms with van der Waals surface area (Å²) >= 11 is 6.17. The van der Waals surface area contributed by atoms with Crippen LogP contribution < -0.4 is 19.9 Å². The molecule has 2 aromatic rings. The first-order valence-electron chi connectivity index (χ1n) is 9.87. The Labute approximate surface area is 181 Å². The third kappa shape index (κ3) is 5.43.